The van der Waals surface area contributed by atoms with Gasteiger partial charge < -0.3 is 0 Å². The molecule has 2 aliphatic rings. The van der Waals surface area contributed by atoms with Crippen molar-refractivity contribution in [1.29, 1.82) is 0 Å². The second kappa shape index (κ2) is 12.4. The van der Waals surface area contributed by atoms with Crippen LogP contribution in [-0.2, 0) is 10.8 Å². The van der Waals surface area contributed by atoms with E-state index in [1.54, 1.807) is 0 Å². The van der Waals surface area contributed by atoms with Crippen LogP contribution in [-0.4, -0.2) is 0 Å². The molecule has 0 nitrogen and oxygen atoms in total. The Morgan fingerprint density at radius 2 is 0.787 bits per heavy atom. The maximum absolute atomic E-state index is 2.51. The minimum atomic E-state index is -0.0988. The van der Waals surface area contributed by atoms with Gasteiger partial charge in [-0.2, -0.15) is 0 Å². The molecule has 0 atom stereocenters. The van der Waals surface area contributed by atoms with Crippen molar-refractivity contribution in [1.82, 2.24) is 0 Å². The van der Waals surface area contributed by atoms with Gasteiger partial charge in [0.05, 0.1) is 0 Å². The van der Waals surface area contributed by atoms with E-state index in [0.717, 1.165) is 0 Å². The van der Waals surface area contributed by atoms with E-state index in [-0.39, 0.29) is 10.8 Å². The van der Waals surface area contributed by atoms with Gasteiger partial charge in [-0.1, -0.05) is 179 Å². The van der Waals surface area contributed by atoms with Gasteiger partial charge in [-0.15, -0.1) is 11.3 Å². The molecule has 1 heterocycles. The van der Waals surface area contributed by atoms with Crippen molar-refractivity contribution in [3.05, 3.63) is 204 Å². The van der Waals surface area contributed by atoms with Crippen molar-refractivity contribution < 1.29 is 0 Å². The molecule has 61 heavy (non-hydrogen) atoms. The highest BCUT2D eigenvalue weighted by Crippen LogP contribution is 2.54. The van der Waals surface area contributed by atoms with Crippen LogP contribution in [0.4, 0.5) is 0 Å². The molecule has 288 valence electrons. The molecule has 0 aliphatic heterocycles. The van der Waals surface area contributed by atoms with Crippen LogP contribution in [0.2, 0.25) is 0 Å². The van der Waals surface area contributed by atoms with Crippen molar-refractivity contribution in [3.63, 3.8) is 0 Å². The fraction of sp³-hybridized carbons (Fsp3) is 0.100. The largest absolute Gasteiger partial charge is 0.135 e. The fourth-order valence-electron chi connectivity index (χ4n) is 11.4. The zero-order valence-electron chi connectivity index (χ0n) is 34.7. The van der Waals surface area contributed by atoms with Crippen LogP contribution in [0.3, 0.4) is 0 Å². The summed E-state index contributed by atoms with van der Waals surface area (Å²) >= 11 is 1.90. The number of benzene rings is 10. The quantitative estimate of drug-likeness (QED) is 0.156. The normalized spacial score (nSPS) is 14.5. The van der Waals surface area contributed by atoms with Gasteiger partial charge in [0.15, 0.2) is 0 Å². The van der Waals surface area contributed by atoms with Gasteiger partial charge in [0.2, 0.25) is 0 Å². The smallest absolute Gasteiger partial charge is 0.0361 e. The lowest BCUT2D eigenvalue weighted by atomic mass is 9.79. The van der Waals surface area contributed by atoms with Crippen LogP contribution in [0.1, 0.15) is 49.9 Å². The molecule has 1 heteroatoms. The first kappa shape index (κ1) is 35.0. The molecule has 0 saturated carbocycles. The first-order valence-electron chi connectivity index (χ1n) is 21.6. The van der Waals surface area contributed by atoms with Gasteiger partial charge in [-0.3, -0.25) is 0 Å². The van der Waals surface area contributed by atoms with Crippen molar-refractivity contribution in [2.75, 3.05) is 0 Å². The molecule has 11 aromatic rings. The molecule has 2 aliphatic carbocycles. The van der Waals surface area contributed by atoms with E-state index >= 15 is 0 Å². The summed E-state index contributed by atoms with van der Waals surface area (Å²) in [5, 5.41) is 10.4. The zero-order valence-corrected chi connectivity index (χ0v) is 35.5. The Bertz CT molecular complexity index is 3700. The summed E-state index contributed by atoms with van der Waals surface area (Å²) in [7, 11) is 0. The molecule has 1 aromatic heterocycles. The summed E-state index contributed by atoms with van der Waals surface area (Å²) in [6.45, 7) is 9.55. The average molecular weight is 795 g/mol. The third-order valence-electron chi connectivity index (χ3n) is 14.5. The second-order valence-electron chi connectivity index (χ2n) is 18.4. The molecule has 0 spiro atoms. The number of fused-ring (bicyclic) bond motifs is 13. The molecule has 0 N–H and O–H groups in total. The van der Waals surface area contributed by atoms with Crippen LogP contribution in [0.15, 0.2) is 182 Å². The molecule has 0 unspecified atom stereocenters. The van der Waals surface area contributed by atoms with E-state index in [1.165, 1.54) is 130 Å². The van der Waals surface area contributed by atoms with Gasteiger partial charge in [0, 0.05) is 31.0 Å². The average Bonchev–Trinajstić information content (AvgIpc) is 3.87. The Labute approximate surface area is 360 Å². The van der Waals surface area contributed by atoms with Crippen LogP contribution in [0, 0.1) is 0 Å². The Balaban J connectivity index is 1.08. The predicted molar refractivity (Wildman–Crippen MR) is 263 cm³/mol. The second-order valence-corrected chi connectivity index (χ2v) is 19.5. The molecule has 13 rings (SSSR count). The minimum absolute atomic E-state index is 0.0903. The molecule has 0 saturated heterocycles. The van der Waals surface area contributed by atoms with Crippen molar-refractivity contribution >= 4 is 63.8 Å². The fourth-order valence-corrected chi connectivity index (χ4v) is 12.6. The summed E-state index contributed by atoms with van der Waals surface area (Å²) in [5.74, 6) is 0. The SMILES string of the molecule is CC1(C)c2ccccc2-c2ccc(-c3c4ccccc4c(-c4ccc5c(c4)C(C)(C)c4ccccc4-5)c4cc(-c5ccc6c(c5)sc5ccc7ccccc7c56)ccc34)cc21. The topological polar surface area (TPSA) is 0 Å². The highest BCUT2D eigenvalue weighted by molar-refractivity contribution is 7.26. The summed E-state index contributed by atoms with van der Waals surface area (Å²) in [5.41, 5.74) is 18.4. The minimum Gasteiger partial charge on any atom is -0.135 e. The third-order valence-corrected chi connectivity index (χ3v) is 15.6. The van der Waals surface area contributed by atoms with Crippen LogP contribution < -0.4 is 0 Å². The van der Waals surface area contributed by atoms with Crippen molar-refractivity contribution in [2.45, 2.75) is 38.5 Å². The molecule has 10 aromatic carbocycles. The number of hydrogen-bond acceptors (Lipinski definition) is 1. The summed E-state index contributed by atoms with van der Waals surface area (Å²) in [6, 6.07) is 69.3. The molecular formula is C60H42S. The van der Waals surface area contributed by atoms with E-state index in [4.69, 9.17) is 0 Å². The third kappa shape index (κ3) is 4.81. The Hall–Kier alpha value is -6.80. The molecule has 0 bridgehead atoms. The first-order valence-corrected chi connectivity index (χ1v) is 22.4. The Kier molecular flexibility index (Phi) is 7.11. The summed E-state index contributed by atoms with van der Waals surface area (Å²) < 4.78 is 2.66. The molecule has 0 radical (unpaired) electrons. The summed E-state index contributed by atoms with van der Waals surface area (Å²) in [4.78, 5) is 0. The van der Waals surface area contributed by atoms with Crippen LogP contribution >= 0.6 is 11.3 Å². The molecule has 0 amide bonds. The highest BCUT2D eigenvalue weighted by atomic mass is 32.1. The van der Waals surface area contributed by atoms with E-state index in [0.29, 0.717) is 0 Å². The Morgan fingerprint density at radius 1 is 0.311 bits per heavy atom. The summed E-state index contributed by atoms with van der Waals surface area (Å²) in [6.07, 6.45) is 0. The van der Waals surface area contributed by atoms with Gasteiger partial charge in [-0.25, -0.2) is 0 Å². The highest BCUT2D eigenvalue weighted by Gasteiger charge is 2.37. The lowest BCUT2D eigenvalue weighted by Crippen LogP contribution is -2.15. The van der Waals surface area contributed by atoms with Crippen molar-refractivity contribution in [3.8, 4) is 55.6 Å². The first-order chi connectivity index (χ1) is 29.8. The number of hydrogen-bond donors (Lipinski definition) is 0. The van der Waals surface area contributed by atoms with E-state index in [9.17, 15) is 0 Å². The van der Waals surface area contributed by atoms with Crippen LogP contribution in [0.5, 0.6) is 0 Å². The maximum atomic E-state index is 2.51. The van der Waals surface area contributed by atoms with Gasteiger partial charge in [0.25, 0.3) is 0 Å². The Morgan fingerprint density at radius 3 is 1.43 bits per heavy atom. The maximum Gasteiger partial charge on any atom is 0.0361 e. The molecule has 0 fully saturated rings. The van der Waals surface area contributed by atoms with Crippen LogP contribution in [0.25, 0.3) is 108 Å². The standard InChI is InChI=1S/C60H42S/c1-59(2)50-19-11-9-15-41(50)43-26-23-38(32-52(43)59)56-45-17-7-8-18-46(45)57(39-24-27-44-42-16-10-12-20-51(42)60(3,4)53(44)33-39)49-31-36(21-28-47(49)56)37-22-29-48-55(34-37)61-54-30-25-35-13-5-6-14-40(35)58(48)54/h5-34H,1-4H3. The zero-order chi connectivity index (χ0) is 40.8. The monoisotopic (exact) mass is 794 g/mol. The lowest BCUT2D eigenvalue weighted by Gasteiger charge is -2.24. The van der Waals surface area contributed by atoms with E-state index in [1.807, 2.05) is 11.3 Å². The number of rotatable bonds is 3. The van der Waals surface area contributed by atoms with Gasteiger partial charge in [-0.05, 0) is 141 Å². The molecular weight excluding hydrogens is 753 g/mol. The number of thiophene rings is 1. The van der Waals surface area contributed by atoms with Crippen molar-refractivity contribution in [2.24, 2.45) is 0 Å². The predicted octanol–water partition coefficient (Wildman–Crippen LogP) is 17.1. The van der Waals surface area contributed by atoms with E-state index < -0.39 is 0 Å². The van der Waals surface area contributed by atoms with Gasteiger partial charge >= 0.3 is 0 Å². The van der Waals surface area contributed by atoms with Gasteiger partial charge in [0.1, 0.15) is 0 Å². The lowest BCUT2D eigenvalue weighted by molar-refractivity contribution is 0.660. The van der Waals surface area contributed by atoms with E-state index in [2.05, 4.69) is 210 Å².